The molecule has 1 heterocycles. The molecule has 19 heavy (non-hydrogen) atoms. The molecule has 2 N–H and O–H groups in total. The highest BCUT2D eigenvalue weighted by Crippen LogP contribution is 2.33. The summed E-state index contributed by atoms with van der Waals surface area (Å²) in [4.78, 5) is 0. The van der Waals surface area contributed by atoms with Crippen molar-refractivity contribution in [2.45, 2.75) is 38.8 Å². The number of ether oxygens (including phenoxy) is 2. The van der Waals surface area contributed by atoms with Crippen molar-refractivity contribution in [3.05, 3.63) is 28.2 Å². The molecule has 3 atom stereocenters. The van der Waals surface area contributed by atoms with Crippen molar-refractivity contribution in [1.29, 1.82) is 0 Å². The van der Waals surface area contributed by atoms with Crippen molar-refractivity contribution < 1.29 is 9.47 Å². The van der Waals surface area contributed by atoms with Crippen LogP contribution in [-0.4, -0.2) is 19.3 Å². The summed E-state index contributed by atoms with van der Waals surface area (Å²) in [5.41, 5.74) is 7.42. The lowest BCUT2D eigenvalue weighted by atomic mass is 9.93. The average Bonchev–Trinajstić information content (AvgIpc) is 2.82. The van der Waals surface area contributed by atoms with Gasteiger partial charge in [-0.1, -0.05) is 19.9 Å². The maximum Gasteiger partial charge on any atom is 0.133 e. The smallest absolute Gasteiger partial charge is 0.133 e. The second-order valence-electron chi connectivity index (χ2n) is 5.17. The normalized spacial score (nSPS) is 24.4. The van der Waals surface area contributed by atoms with E-state index in [9.17, 15) is 0 Å². The molecule has 0 aromatic heterocycles. The molecule has 0 aliphatic carbocycles. The molecule has 1 aromatic carbocycles. The van der Waals surface area contributed by atoms with E-state index in [-0.39, 0.29) is 12.1 Å². The monoisotopic (exact) mass is 327 g/mol. The second-order valence-corrected chi connectivity index (χ2v) is 6.02. The summed E-state index contributed by atoms with van der Waals surface area (Å²) in [7, 11) is 0. The zero-order valence-electron chi connectivity index (χ0n) is 11.6. The van der Waals surface area contributed by atoms with Crippen LogP contribution in [0.3, 0.4) is 0 Å². The van der Waals surface area contributed by atoms with Gasteiger partial charge in [0.15, 0.2) is 0 Å². The fourth-order valence-electron chi connectivity index (χ4n) is 2.42. The molecule has 0 saturated carbocycles. The summed E-state index contributed by atoms with van der Waals surface area (Å²) in [5, 5.41) is 0. The summed E-state index contributed by atoms with van der Waals surface area (Å²) in [6, 6.07) is 5.99. The van der Waals surface area contributed by atoms with Crippen molar-refractivity contribution in [1.82, 2.24) is 0 Å². The van der Waals surface area contributed by atoms with Crippen LogP contribution in [0.1, 0.15) is 38.3 Å². The van der Waals surface area contributed by atoms with Crippen LogP contribution in [0.4, 0.5) is 0 Å². The highest BCUT2D eigenvalue weighted by Gasteiger charge is 2.30. The van der Waals surface area contributed by atoms with E-state index < -0.39 is 0 Å². The van der Waals surface area contributed by atoms with Crippen molar-refractivity contribution >= 4 is 15.9 Å². The van der Waals surface area contributed by atoms with Crippen LogP contribution < -0.4 is 10.5 Å². The fourth-order valence-corrected chi connectivity index (χ4v) is 2.93. The van der Waals surface area contributed by atoms with E-state index in [0.29, 0.717) is 5.92 Å². The van der Waals surface area contributed by atoms with E-state index in [0.717, 1.165) is 41.8 Å². The minimum absolute atomic E-state index is 0.0750. The van der Waals surface area contributed by atoms with Gasteiger partial charge >= 0.3 is 0 Å². The lowest BCUT2D eigenvalue weighted by Gasteiger charge is -2.23. The van der Waals surface area contributed by atoms with Crippen LogP contribution in [-0.2, 0) is 4.74 Å². The highest BCUT2D eigenvalue weighted by molar-refractivity contribution is 9.10. The summed E-state index contributed by atoms with van der Waals surface area (Å²) < 4.78 is 12.4. The molecule has 3 nitrogen and oxygen atoms in total. The number of hydrogen-bond acceptors (Lipinski definition) is 3. The van der Waals surface area contributed by atoms with Crippen LogP contribution in [0.15, 0.2) is 22.7 Å². The van der Waals surface area contributed by atoms with Gasteiger partial charge in [-0.05, 0) is 52.4 Å². The molecule has 0 bridgehead atoms. The molecule has 0 spiro atoms. The molecular formula is C15H22BrNO2. The zero-order valence-corrected chi connectivity index (χ0v) is 13.2. The van der Waals surface area contributed by atoms with E-state index in [1.54, 1.807) is 0 Å². The van der Waals surface area contributed by atoms with E-state index >= 15 is 0 Å². The van der Waals surface area contributed by atoms with Gasteiger partial charge in [0.2, 0.25) is 0 Å². The molecule has 3 unspecified atom stereocenters. The first-order valence-corrected chi connectivity index (χ1v) is 7.72. The van der Waals surface area contributed by atoms with Crippen LogP contribution in [0.5, 0.6) is 5.75 Å². The summed E-state index contributed by atoms with van der Waals surface area (Å²) in [6.45, 7) is 5.84. The molecule has 0 radical (unpaired) electrons. The minimum atomic E-state index is -0.0750. The lowest BCUT2D eigenvalue weighted by Crippen LogP contribution is -2.29. The predicted molar refractivity (Wildman–Crippen MR) is 80.4 cm³/mol. The predicted octanol–water partition coefficient (Wildman–Crippen LogP) is 3.66. The van der Waals surface area contributed by atoms with Crippen LogP contribution in [0.25, 0.3) is 0 Å². The van der Waals surface area contributed by atoms with Crippen molar-refractivity contribution in [2.75, 3.05) is 13.2 Å². The first-order chi connectivity index (χ1) is 9.13. The lowest BCUT2D eigenvalue weighted by molar-refractivity contribution is 0.0724. The van der Waals surface area contributed by atoms with Gasteiger partial charge in [-0.2, -0.15) is 0 Å². The van der Waals surface area contributed by atoms with Crippen molar-refractivity contribution in [2.24, 2.45) is 11.7 Å². The SMILES string of the molecule is CCCOc1ccc(C(N)C2OCCC2C)cc1Br. The zero-order chi connectivity index (χ0) is 13.8. The minimum Gasteiger partial charge on any atom is -0.492 e. The Morgan fingerprint density at radius 1 is 1.53 bits per heavy atom. The van der Waals surface area contributed by atoms with Crippen molar-refractivity contribution in [3.8, 4) is 5.75 Å². The highest BCUT2D eigenvalue weighted by atomic mass is 79.9. The third-order valence-electron chi connectivity index (χ3n) is 3.60. The largest absolute Gasteiger partial charge is 0.492 e. The number of hydrogen-bond donors (Lipinski definition) is 1. The van der Waals surface area contributed by atoms with Crippen LogP contribution in [0.2, 0.25) is 0 Å². The Morgan fingerprint density at radius 3 is 2.89 bits per heavy atom. The maximum absolute atomic E-state index is 6.32. The molecule has 0 amide bonds. The fraction of sp³-hybridized carbons (Fsp3) is 0.600. The Bertz CT molecular complexity index is 425. The molecule has 2 rings (SSSR count). The Labute approximate surface area is 123 Å². The maximum atomic E-state index is 6.32. The van der Waals surface area contributed by atoms with Gasteiger partial charge in [0.05, 0.1) is 23.2 Å². The number of rotatable bonds is 5. The van der Waals surface area contributed by atoms with Crippen molar-refractivity contribution in [3.63, 3.8) is 0 Å². The number of nitrogens with two attached hydrogens (primary N) is 1. The van der Waals surface area contributed by atoms with Gasteiger partial charge in [-0.15, -0.1) is 0 Å². The van der Waals surface area contributed by atoms with Gasteiger partial charge in [-0.25, -0.2) is 0 Å². The van der Waals surface area contributed by atoms with Crippen LogP contribution in [0, 0.1) is 5.92 Å². The van der Waals surface area contributed by atoms with E-state index in [1.807, 2.05) is 18.2 Å². The Hall–Kier alpha value is -0.580. The number of halogens is 1. The summed E-state index contributed by atoms with van der Waals surface area (Å²) in [5.74, 6) is 1.39. The molecule has 1 aliphatic heterocycles. The van der Waals surface area contributed by atoms with E-state index in [2.05, 4.69) is 29.8 Å². The first-order valence-electron chi connectivity index (χ1n) is 6.93. The van der Waals surface area contributed by atoms with Gasteiger partial charge in [0.1, 0.15) is 5.75 Å². The van der Waals surface area contributed by atoms with E-state index in [4.69, 9.17) is 15.2 Å². The molecular weight excluding hydrogens is 306 g/mol. The quantitative estimate of drug-likeness (QED) is 0.897. The standard InChI is InChI=1S/C15H22BrNO2/c1-3-7-18-13-5-4-11(9-12(13)16)14(17)15-10(2)6-8-19-15/h4-5,9-10,14-15H,3,6-8,17H2,1-2H3. The Balaban J connectivity index is 2.10. The third kappa shape index (κ3) is 3.50. The molecule has 1 aliphatic rings. The Morgan fingerprint density at radius 2 is 2.32 bits per heavy atom. The van der Waals surface area contributed by atoms with Gasteiger partial charge in [0, 0.05) is 6.61 Å². The van der Waals surface area contributed by atoms with Gasteiger partial charge < -0.3 is 15.2 Å². The average molecular weight is 328 g/mol. The molecule has 1 aromatic rings. The number of benzene rings is 1. The van der Waals surface area contributed by atoms with Gasteiger partial charge in [0.25, 0.3) is 0 Å². The summed E-state index contributed by atoms with van der Waals surface area (Å²) in [6.07, 6.45) is 2.22. The van der Waals surface area contributed by atoms with Gasteiger partial charge in [-0.3, -0.25) is 0 Å². The Kier molecular flexibility index (Phi) is 5.25. The first kappa shape index (κ1) is 14.8. The van der Waals surface area contributed by atoms with E-state index in [1.165, 1.54) is 0 Å². The molecule has 4 heteroatoms. The summed E-state index contributed by atoms with van der Waals surface area (Å²) >= 11 is 3.55. The second kappa shape index (κ2) is 6.73. The van der Waals surface area contributed by atoms with Crippen LogP contribution >= 0.6 is 15.9 Å². The third-order valence-corrected chi connectivity index (χ3v) is 4.22. The topological polar surface area (TPSA) is 44.5 Å². The molecule has 1 saturated heterocycles. The molecule has 106 valence electrons. The molecule has 1 fully saturated rings.